The van der Waals surface area contributed by atoms with Crippen molar-refractivity contribution in [3.63, 3.8) is 0 Å². The molecule has 2 nitrogen and oxygen atoms in total. The van der Waals surface area contributed by atoms with Crippen molar-refractivity contribution < 1.29 is 4.74 Å². The van der Waals surface area contributed by atoms with E-state index in [1.165, 1.54) is 18.4 Å². The van der Waals surface area contributed by atoms with E-state index in [0.29, 0.717) is 18.2 Å². The van der Waals surface area contributed by atoms with Gasteiger partial charge in [0.2, 0.25) is 0 Å². The highest BCUT2D eigenvalue weighted by atomic mass is 16.5. The summed E-state index contributed by atoms with van der Waals surface area (Å²) < 4.78 is 5.79. The van der Waals surface area contributed by atoms with Crippen LogP contribution < -0.4 is 0 Å². The number of hydrogen-bond acceptors (Lipinski definition) is 2. The maximum absolute atomic E-state index is 5.79. The fourth-order valence-corrected chi connectivity index (χ4v) is 2.78. The van der Waals surface area contributed by atoms with E-state index < -0.39 is 0 Å². The zero-order valence-corrected chi connectivity index (χ0v) is 11.8. The number of aryl methyl sites for hydroxylation is 1. The topological polar surface area (TPSA) is 12.5 Å². The summed E-state index contributed by atoms with van der Waals surface area (Å²) >= 11 is 0. The first-order valence-corrected chi connectivity index (χ1v) is 7.08. The number of morpholine rings is 1. The summed E-state index contributed by atoms with van der Waals surface area (Å²) in [5, 5.41) is 0. The molecule has 1 aliphatic rings. The van der Waals surface area contributed by atoms with Crippen molar-refractivity contribution in [2.45, 2.75) is 51.9 Å². The third kappa shape index (κ3) is 3.82. The largest absolute Gasteiger partial charge is 0.373 e. The van der Waals surface area contributed by atoms with Gasteiger partial charge < -0.3 is 4.74 Å². The quantitative estimate of drug-likeness (QED) is 0.810. The second-order valence-corrected chi connectivity index (χ2v) is 5.58. The summed E-state index contributed by atoms with van der Waals surface area (Å²) in [6, 6.07) is 11.4. The van der Waals surface area contributed by atoms with E-state index in [-0.39, 0.29) is 0 Å². The molecule has 1 heterocycles. The van der Waals surface area contributed by atoms with Gasteiger partial charge in [-0.15, -0.1) is 0 Å². The average Bonchev–Trinajstić information content (AvgIpc) is 2.36. The molecule has 0 saturated carbocycles. The number of ether oxygens (including phenoxy) is 1. The highest BCUT2D eigenvalue weighted by Crippen LogP contribution is 2.16. The highest BCUT2D eigenvalue weighted by molar-refractivity contribution is 5.14. The minimum absolute atomic E-state index is 0.368. The molecule has 0 radical (unpaired) electrons. The van der Waals surface area contributed by atoms with Crippen LogP contribution in [0, 0.1) is 0 Å². The summed E-state index contributed by atoms with van der Waals surface area (Å²) in [6.45, 7) is 8.83. The summed E-state index contributed by atoms with van der Waals surface area (Å²) in [5.41, 5.74) is 1.44. The van der Waals surface area contributed by atoms with Gasteiger partial charge in [0.05, 0.1) is 12.2 Å². The molecule has 1 aliphatic heterocycles. The molecule has 3 atom stereocenters. The van der Waals surface area contributed by atoms with E-state index >= 15 is 0 Å². The maximum atomic E-state index is 5.79. The molecule has 0 bridgehead atoms. The molecule has 0 aromatic heterocycles. The lowest BCUT2D eigenvalue weighted by Gasteiger charge is -2.39. The Balaban J connectivity index is 1.82. The number of benzene rings is 1. The van der Waals surface area contributed by atoms with E-state index in [9.17, 15) is 0 Å². The lowest BCUT2D eigenvalue weighted by atomic mass is 10.0. The number of rotatable bonds is 4. The van der Waals surface area contributed by atoms with Gasteiger partial charge in [-0.3, -0.25) is 4.90 Å². The van der Waals surface area contributed by atoms with Crippen molar-refractivity contribution in [2.24, 2.45) is 0 Å². The minimum atomic E-state index is 0.368. The minimum Gasteiger partial charge on any atom is -0.373 e. The molecule has 1 aromatic carbocycles. The van der Waals surface area contributed by atoms with Crippen LogP contribution in [0.5, 0.6) is 0 Å². The molecule has 0 N–H and O–H groups in total. The maximum Gasteiger partial charge on any atom is 0.0678 e. The van der Waals surface area contributed by atoms with Crippen LogP contribution in [0.4, 0.5) is 0 Å². The molecule has 18 heavy (non-hydrogen) atoms. The Hall–Kier alpha value is -0.860. The smallest absolute Gasteiger partial charge is 0.0678 e. The predicted molar refractivity (Wildman–Crippen MR) is 75.8 cm³/mol. The van der Waals surface area contributed by atoms with Crippen LogP contribution >= 0.6 is 0 Å². The molecule has 1 aromatic rings. The number of hydrogen-bond donors (Lipinski definition) is 0. The predicted octanol–water partition coefficient (Wildman–Crippen LogP) is 3.12. The van der Waals surface area contributed by atoms with Crippen molar-refractivity contribution in [3.05, 3.63) is 35.9 Å². The van der Waals surface area contributed by atoms with Gasteiger partial charge in [0.1, 0.15) is 0 Å². The van der Waals surface area contributed by atoms with Gasteiger partial charge in [0, 0.05) is 19.1 Å². The van der Waals surface area contributed by atoms with Gasteiger partial charge in [-0.2, -0.15) is 0 Å². The van der Waals surface area contributed by atoms with Gasteiger partial charge in [-0.25, -0.2) is 0 Å². The number of nitrogens with zero attached hydrogens (tertiary/aromatic N) is 1. The summed E-state index contributed by atoms with van der Waals surface area (Å²) in [6.07, 6.45) is 3.13. The monoisotopic (exact) mass is 247 g/mol. The molecule has 0 unspecified atom stereocenters. The Morgan fingerprint density at radius 1 is 1.17 bits per heavy atom. The van der Waals surface area contributed by atoms with E-state index in [0.717, 1.165) is 13.1 Å². The molecule has 2 rings (SSSR count). The Morgan fingerprint density at radius 2 is 1.78 bits per heavy atom. The van der Waals surface area contributed by atoms with Gasteiger partial charge >= 0.3 is 0 Å². The van der Waals surface area contributed by atoms with Crippen LogP contribution in [-0.2, 0) is 11.2 Å². The molecule has 1 fully saturated rings. The molecule has 0 aliphatic carbocycles. The molecule has 100 valence electrons. The zero-order chi connectivity index (χ0) is 13.0. The second kappa shape index (κ2) is 6.35. The van der Waals surface area contributed by atoms with E-state index in [1.54, 1.807) is 0 Å². The van der Waals surface area contributed by atoms with Crippen LogP contribution in [0.25, 0.3) is 0 Å². The van der Waals surface area contributed by atoms with Crippen molar-refractivity contribution in [1.29, 1.82) is 0 Å². The Labute approximate surface area is 111 Å². The lowest BCUT2D eigenvalue weighted by Crippen LogP contribution is -2.49. The molecule has 0 amide bonds. The summed E-state index contributed by atoms with van der Waals surface area (Å²) in [5.74, 6) is 0. The van der Waals surface area contributed by atoms with Crippen LogP contribution in [0.1, 0.15) is 32.8 Å². The Kier molecular flexibility index (Phi) is 4.79. The van der Waals surface area contributed by atoms with Crippen LogP contribution in [0.15, 0.2) is 30.3 Å². The lowest BCUT2D eigenvalue weighted by molar-refractivity contribution is -0.0790. The van der Waals surface area contributed by atoms with Gasteiger partial charge in [0.25, 0.3) is 0 Å². The van der Waals surface area contributed by atoms with E-state index in [1.807, 2.05) is 0 Å². The zero-order valence-electron chi connectivity index (χ0n) is 11.8. The third-order valence-electron chi connectivity index (χ3n) is 3.76. The van der Waals surface area contributed by atoms with Gasteiger partial charge in [0.15, 0.2) is 0 Å². The molecule has 1 saturated heterocycles. The Morgan fingerprint density at radius 3 is 2.39 bits per heavy atom. The van der Waals surface area contributed by atoms with E-state index in [2.05, 4.69) is 56.0 Å². The molecular weight excluding hydrogens is 222 g/mol. The molecular formula is C16H25NO. The van der Waals surface area contributed by atoms with Crippen molar-refractivity contribution in [2.75, 3.05) is 13.1 Å². The third-order valence-corrected chi connectivity index (χ3v) is 3.76. The first-order chi connectivity index (χ1) is 8.65. The van der Waals surface area contributed by atoms with Crippen LogP contribution in [0.2, 0.25) is 0 Å². The van der Waals surface area contributed by atoms with Crippen molar-refractivity contribution in [3.8, 4) is 0 Å². The summed E-state index contributed by atoms with van der Waals surface area (Å²) in [4.78, 5) is 2.57. The standard InChI is InChI=1S/C16H25NO/c1-13(9-10-16-7-5-4-6-8-16)17-11-14(2)18-15(3)12-17/h4-8,13-15H,9-12H2,1-3H3/t13-,14-,15+/m1/s1. The molecule has 2 heteroatoms. The van der Waals surface area contributed by atoms with Crippen molar-refractivity contribution >= 4 is 0 Å². The van der Waals surface area contributed by atoms with Crippen molar-refractivity contribution in [1.82, 2.24) is 4.90 Å². The SMILES string of the molecule is C[C@@H]1CN([C@H](C)CCc2ccccc2)C[C@H](C)O1. The molecule has 0 spiro atoms. The van der Waals surface area contributed by atoms with Crippen LogP contribution in [0.3, 0.4) is 0 Å². The first-order valence-electron chi connectivity index (χ1n) is 7.08. The second-order valence-electron chi connectivity index (χ2n) is 5.58. The fourth-order valence-electron chi connectivity index (χ4n) is 2.78. The fraction of sp³-hybridized carbons (Fsp3) is 0.625. The first kappa shape index (κ1) is 13.6. The van der Waals surface area contributed by atoms with Gasteiger partial charge in [-0.05, 0) is 39.2 Å². The Bertz CT molecular complexity index is 341. The highest BCUT2D eigenvalue weighted by Gasteiger charge is 2.25. The van der Waals surface area contributed by atoms with E-state index in [4.69, 9.17) is 4.74 Å². The van der Waals surface area contributed by atoms with Crippen LogP contribution in [-0.4, -0.2) is 36.2 Å². The normalized spacial score (nSPS) is 27.1. The summed E-state index contributed by atoms with van der Waals surface area (Å²) in [7, 11) is 0. The average molecular weight is 247 g/mol. The van der Waals surface area contributed by atoms with Gasteiger partial charge in [-0.1, -0.05) is 30.3 Å².